The highest BCUT2D eigenvalue weighted by atomic mass is 79.9. The fourth-order valence-electron chi connectivity index (χ4n) is 2.55. The van der Waals surface area contributed by atoms with Crippen molar-refractivity contribution in [1.29, 1.82) is 0 Å². The zero-order chi connectivity index (χ0) is 14.9. The van der Waals surface area contributed by atoms with E-state index in [1.807, 2.05) is 30.9 Å². The Bertz CT molecular complexity index is 622. The predicted molar refractivity (Wildman–Crippen MR) is 87.3 cm³/mol. The monoisotopic (exact) mass is 355 g/mol. The fourth-order valence-corrected chi connectivity index (χ4v) is 3.30. The third kappa shape index (κ3) is 3.08. The van der Waals surface area contributed by atoms with E-state index < -0.39 is 0 Å². The number of hydrogen-bond acceptors (Lipinski definition) is 2. The molecule has 0 saturated heterocycles. The van der Waals surface area contributed by atoms with Gasteiger partial charge in [-0.05, 0) is 45.0 Å². The highest BCUT2D eigenvalue weighted by molar-refractivity contribution is 9.10. The van der Waals surface area contributed by atoms with Gasteiger partial charge in [0, 0.05) is 33.8 Å². The van der Waals surface area contributed by atoms with Crippen molar-refractivity contribution in [2.24, 2.45) is 7.05 Å². The second-order valence-corrected chi connectivity index (χ2v) is 6.31. The molecule has 0 aliphatic rings. The van der Waals surface area contributed by atoms with Gasteiger partial charge < -0.3 is 5.32 Å². The number of nitrogens with zero attached hydrogens (tertiary/aromatic N) is 2. The van der Waals surface area contributed by atoms with Gasteiger partial charge in [0.15, 0.2) is 0 Å². The molecule has 0 aliphatic heterocycles. The largest absolute Gasteiger partial charge is 0.313 e. The number of aromatic nitrogens is 2. The lowest BCUT2D eigenvalue weighted by molar-refractivity contribution is 0.584. The number of likely N-dealkylation sites (N-methyl/N-ethyl adjacent to an activating group) is 1. The van der Waals surface area contributed by atoms with E-state index in [1.165, 1.54) is 11.3 Å². The SMILES string of the molecule is CNC(Cc1ccc(Br)cc1Cl)c1c(C)nn(C)c1C. The Morgan fingerprint density at radius 2 is 2.10 bits per heavy atom. The molecule has 1 aromatic heterocycles. The first-order chi connectivity index (χ1) is 9.43. The Morgan fingerprint density at radius 1 is 1.40 bits per heavy atom. The fraction of sp³-hybridized carbons (Fsp3) is 0.400. The standard InChI is InChI=1S/C15H19BrClN3/c1-9-15(10(2)20(4)19-9)14(18-3)7-11-5-6-12(16)8-13(11)17/h5-6,8,14,18H,7H2,1-4H3. The average molecular weight is 357 g/mol. The van der Waals surface area contributed by atoms with E-state index in [0.717, 1.165) is 27.2 Å². The van der Waals surface area contributed by atoms with Crippen molar-refractivity contribution in [1.82, 2.24) is 15.1 Å². The van der Waals surface area contributed by atoms with E-state index in [2.05, 4.69) is 46.3 Å². The lowest BCUT2D eigenvalue weighted by Gasteiger charge is -2.18. The first kappa shape index (κ1) is 15.5. The zero-order valence-corrected chi connectivity index (χ0v) is 14.5. The summed E-state index contributed by atoms with van der Waals surface area (Å²) < 4.78 is 2.93. The van der Waals surface area contributed by atoms with Crippen LogP contribution in [0.5, 0.6) is 0 Å². The molecule has 0 radical (unpaired) electrons. The summed E-state index contributed by atoms with van der Waals surface area (Å²) in [6.45, 7) is 4.15. The molecule has 0 aliphatic carbocycles. The minimum absolute atomic E-state index is 0.211. The molecule has 0 fully saturated rings. The minimum atomic E-state index is 0.211. The number of benzene rings is 1. The van der Waals surface area contributed by atoms with Crippen LogP contribution in [0.3, 0.4) is 0 Å². The zero-order valence-electron chi connectivity index (χ0n) is 12.2. The van der Waals surface area contributed by atoms with Crippen LogP contribution in [0.1, 0.15) is 28.6 Å². The molecular weight excluding hydrogens is 338 g/mol. The van der Waals surface area contributed by atoms with E-state index in [1.54, 1.807) is 0 Å². The van der Waals surface area contributed by atoms with Crippen LogP contribution in [-0.2, 0) is 13.5 Å². The van der Waals surface area contributed by atoms with E-state index in [-0.39, 0.29) is 6.04 Å². The van der Waals surface area contributed by atoms with E-state index in [0.29, 0.717) is 0 Å². The van der Waals surface area contributed by atoms with Gasteiger partial charge in [-0.25, -0.2) is 0 Å². The molecule has 1 heterocycles. The Morgan fingerprint density at radius 3 is 2.60 bits per heavy atom. The maximum atomic E-state index is 6.32. The molecule has 108 valence electrons. The van der Waals surface area contributed by atoms with Gasteiger partial charge in [0.25, 0.3) is 0 Å². The summed E-state index contributed by atoms with van der Waals surface area (Å²) >= 11 is 9.76. The minimum Gasteiger partial charge on any atom is -0.313 e. The summed E-state index contributed by atoms with van der Waals surface area (Å²) in [6.07, 6.45) is 0.843. The highest BCUT2D eigenvalue weighted by Crippen LogP contribution is 2.28. The predicted octanol–water partition coefficient (Wildman–Crippen LogP) is 3.96. The van der Waals surface area contributed by atoms with E-state index in [4.69, 9.17) is 11.6 Å². The summed E-state index contributed by atoms with van der Waals surface area (Å²) in [5.41, 5.74) is 4.65. The molecule has 0 bridgehead atoms. The van der Waals surface area contributed by atoms with Crippen molar-refractivity contribution in [2.45, 2.75) is 26.3 Å². The highest BCUT2D eigenvalue weighted by Gasteiger charge is 2.20. The molecule has 0 amide bonds. The molecule has 0 spiro atoms. The van der Waals surface area contributed by atoms with Gasteiger partial charge in [-0.3, -0.25) is 4.68 Å². The topological polar surface area (TPSA) is 29.9 Å². The Kier molecular flexibility index (Phi) is 4.89. The molecule has 1 atom stereocenters. The van der Waals surface area contributed by atoms with Crippen molar-refractivity contribution in [3.8, 4) is 0 Å². The van der Waals surface area contributed by atoms with Gasteiger partial charge in [0.1, 0.15) is 0 Å². The first-order valence-electron chi connectivity index (χ1n) is 6.55. The summed E-state index contributed by atoms with van der Waals surface area (Å²) in [6, 6.07) is 6.24. The molecule has 3 nitrogen and oxygen atoms in total. The lowest BCUT2D eigenvalue weighted by atomic mass is 9.97. The summed E-state index contributed by atoms with van der Waals surface area (Å²) in [5, 5.41) is 8.66. The van der Waals surface area contributed by atoms with Crippen LogP contribution < -0.4 is 5.32 Å². The molecule has 1 unspecified atom stereocenters. The number of nitrogens with one attached hydrogen (secondary N) is 1. The summed E-state index contributed by atoms with van der Waals surface area (Å²) in [7, 11) is 3.95. The Hall–Kier alpha value is -0.840. The van der Waals surface area contributed by atoms with Crippen LogP contribution in [0.4, 0.5) is 0 Å². The van der Waals surface area contributed by atoms with Crippen molar-refractivity contribution in [3.63, 3.8) is 0 Å². The van der Waals surface area contributed by atoms with E-state index in [9.17, 15) is 0 Å². The van der Waals surface area contributed by atoms with Crippen LogP contribution >= 0.6 is 27.5 Å². The average Bonchev–Trinajstić information content (AvgIpc) is 2.63. The van der Waals surface area contributed by atoms with Gasteiger partial charge in [-0.1, -0.05) is 33.6 Å². The molecule has 2 rings (SSSR count). The molecule has 1 aromatic carbocycles. The van der Waals surface area contributed by atoms with Gasteiger partial charge in [0.05, 0.1) is 5.69 Å². The van der Waals surface area contributed by atoms with Crippen molar-refractivity contribution >= 4 is 27.5 Å². The van der Waals surface area contributed by atoms with Gasteiger partial charge in [-0.2, -0.15) is 5.10 Å². The summed E-state index contributed by atoms with van der Waals surface area (Å²) in [5.74, 6) is 0. The van der Waals surface area contributed by atoms with Crippen molar-refractivity contribution in [2.75, 3.05) is 7.05 Å². The van der Waals surface area contributed by atoms with E-state index >= 15 is 0 Å². The van der Waals surface area contributed by atoms with Gasteiger partial charge in [-0.15, -0.1) is 0 Å². The number of aryl methyl sites for hydroxylation is 2. The molecule has 1 N–H and O–H groups in total. The third-order valence-corrected chi connectivity index (χ3v) is 4.55. The molecule has 0 saturated carbocycles. The van der Waals surface area contributed by atoms with Crippen LogP contribution in [0.25, 0.3) is 0 Å². The Labute approximate surface area is 133 Å². The smallest absolute Gasteiger partial charge is 0.0644 e. The van der Waals surface area contributed by atoms with Crippen LogP contribution in [-0.4, -0.2) is 16.8 Å². The number of halogens is 2. The second kappa shape index (κ2) is 6.29. The molecule has 2 aromatic rings. The number of hydrogen-bond donors (Lipinski definition) is 1. The Balaban J connectivity index is 2.33. The maximum Gasteiger partial charge on any atom is 0.0644 e. The molecule has 20 heavy (non-hydrogen) atoms. The van der Waals surface area contributed by atoms with Gasteiger partial charge in [0.2, 0.25) is 0 Å². The first-order valence-corrected chi connectivity index (χ1v) is 7.72. The van der Waals surface area contributed by atoms with Gasteiger partial charge >= 0.3 is 0 Å². The van der Waals surface area contributed by atoms with Crippen molar-refractivity contribution < 1.29 is 0 Å². The van der Waals surface area contributed by atoms with Crippen LogP contribution in [0.2, 0.25) is 5.02 Å². The van der Waals surface area contributed by atoms with Crippen LogP contribution in [0.15, 0.2) is 22.7 Å². The summed E-state index contributed by atoms with van der Waals surface area (Å²) in [4.78, 5) is 0. The second-order valence-electron chi connectivity index (χ2n) is 4.99. The van der Waals surface area contributed by atoms with Crippen molar-refractivity contribution in [3.05, 3.63) is 50.2 Å². The third-order valence-electron chi connectivity index (χ3n) is 3.70. The number of rotatable bonds is 4. The molecular formula is C15H19BrClN3. The van der Waals surface area contributed by atoms with Crippen LogP contribution in [0, 0.1) is 13.8 Å². The quantitative estimate of drug-likeness (QED) is 0.899. The maximum absolute atomic E-state index is 6.32. The molecule has 5 heteroatoms. The lowest BCUT2D eigenvalue weighted by Crippen LogP contribution is -2.20. The normalized spacial score (nSPS) is 12.7.